The second-order valence-electron chi connectivity index (χ2n) is 1.71. The molecule has 0 N–H and O–H groups in total. The summed E-state index contributed by atoms with van der Waals surface area (Å²) in [7, 11) is 0. The minimum Gasteiger partial charge on any atom is -0.243 e. The van der Waals surface area contributed by atoms with Crippen LogP contribution in [0.5, 0.6) is 0 Å². The lowest BCUT2D eigenvalue weighted by atomic mass is 10.5. The molecule has 0 bridgehead atoms. The molecule has 0 aromatic rings. The molecule has 0 heterocycles. The van der Waals surface area contributed by atoms with E-state index in [4.69, 9.17) is 0 Å². The zero-order chi connectivity index (χ0) is 6.57. The van der Waals surface area contributed by atoms with E-state index in [0.717, 1.165) is 5.71 Å². The summed E-state index contributed by atoms with van der Waals surface area (Å²) in [5.41, 5.74) is 1.00. The molecular formula is C5H10N2S. The molecule has 0 aliphatic carbocycles. The predicted molar refractivity (Wildman–Crippen MR) is 40.9 cm³/mol. The molecule has 0 aliphatic rings. The van der Waals surface area contributed by atoms with Gasteiger partial charge in [-0.05, 0) is 33.6 Å². The Morgan fingerprint density at radius 3 is 1.88 bits per heavy atom. The van der Waals surface area contributed by atoms with Crippen LogP contribution in [0.3, 0.4) is 0 Å². The maximum absolute atomic E-state index is 3.99. The van der Waals surface area contributed by atoms with Crippen LogP contribution >= 0.6 is 12.8 Å². The van der Waals surface area contributed by atoms with Gasteiger partial charge in [0.05, 0.1) is 0 Å². The molecule has 8 heavy (non-hydrogen) atoms. The molecule has 0 atom stereocenters. The van der Waals surface area contributed by atoms with Gasteiger partial charge in [-0.2, -0.15) is 0 Å². The first-order chi connectivity index (χ1) is 3.66. The molecule has 46 valence electrons. The van der Waals surface area contributed by atoms with E-state index in [2.05, 4.69) is 22.2 Å². The fourth-order valence-electron chi connectivity index (χ4n) is 0.346. The number of rotatable bonds is 0. The number of nitrogens with zero attached hydrogens (tertiary/aromatic N) is 2. The summed E-state index contributed by atoms with van der Waals surface area (Å²) in [5.74, 6) is 0.702. The fraction of sp³-hybridized carbons (Fsp3) is 0.600. The van der Waals surface area contributed by atoms with Gasteiger partial charge in [-0.25, -0.2) is 9.39 Å². The van der Waals surface area contributed by atoms with Gasteiger partial charge in [-0.3, -0.25) is 0 Å². The van der Waals surface area contributed by atoms with Crippen LogP contribution in [0, 0.1) is 0 Å². The third-order valence-corrected chi connectivity index (χ3v) is 0.820. The van der Waals surface area contributed by atoms with Crippen LogP contribution in [-0.4, -0.2) is 11.5 Å². The number of hydrogen-bond acceptors (Lipinski definition) is 2. The van der Waals surface area contributed by atoms with Crippen molar-refractivity contribution >= 4 is 24.4 Å². The molecule has 0 amide bonds. The summed E-state index contributed by atoms with van der Waals surface area (Å²) >= 11 is 3.67. The first-order valence-electron chi connectivity index (χ1n) is 2.37. The second-order valence-corrected chi connectivity index (χ2v) is 1.91. The summed E-state index contributed by atoms with van der Waals surface area (Å²) in [6.45, 7) is 5.64. The van der Waals surface area contributed by atoms with Gasteiger partial charge in [0.15, 0.2) is 0 Å². The van der Waals surface area contributed by atoms with Crippen molar-refractivity contribution in [1.29, 1.82) is 0 Å². The Balaban J connectivity index is 3.89. The van der Waals surface area contributed by atoms with Crippen molar-refractivity contribution in [2.24, 2.45) is 9.39 Å². The summed E-state index contributed by atoms with van der Waals surface area (Å²) in [6.07, 6.45) is 0. The van der Waals surface area contributed by atoms with Crippen LogP contribution < -0.4 is 0 Å². The summed E-state index contributed by atoms with van der Waals surface area (Å²) < 4.78 is 3.55. The van der Waals surface area contributed by atoms with Crippen LogP contribution in [0.1, 0.15) is 20.8 Å². The minimum atomic E-state index is 0.702. The van der Waals surface area contributed by atoms with E-state index >= 15 is 0 Å². The quantitative estimate of drug-likeness (QED) is 0.293. The van der Waals surface area contributed by atoms with Crippen molar-refractivity contribution in [3.05, 3.63) is 0 Å². The molecule has 0 saturated carbocycles. The number of aliphatic imine (C=N–C) groups is 1. The van der Waals surface area contributed by atoms with Crippen molar-refractivity contribution in [1.82, 2.24) is 0 Å². The first kappa shape index (κ1) is 7.69. The lowest BCUT2D eigenvalue weighted by molar-refractivity contribution is 1.52. The molecule has 0 radical (unpaired) electrons. The molecule has 2 nitrogen and oxygen atoms in total. The number of thiol groups is 1. The molecule has 3 heteroatoms. The molecule has 0 rings (SSSR count). The normalized spacial score (nSPS) is 11.2. The summed E-state index contributed by atoms with van der Waals surface area (Å²) in [4.78, 5) is 3.99. The maximum atomic E-state index is 3.99. The highest BCUT2D eigenvalue weighted by Crippen LogP contribution is 1.84. The monoisotopic (exact) mass is 130 g/mol. The lowest BCUT2D eigenvalue weighted by Gasteiger charge is -1.86. The topological polar surface area (TPSA) is 24.7 Å². The highest BCUT2D eigenvalue weighted by Gasteiger charge is 1.80. The highest BCUT2D eigenvalue weighted by molar-refractivity contribution is 7.79. The van der Waals surface area contributed by atoms with Gasteiger partial charge < -0.3 is 0 Å². The van der Waals surface area contributed by atoms with Crippen molar-refractivity contribution < 1.29 is 0 Å². The van der Waals surface area contributed by atoms with Crippen LogP contribution in [0.15, 0.2) is 9.39 Å². The average Bonchev–Trinajstić information content (AvgIpc) is 1.65. The van der Waals surface area contributed by atoms with E-state index in [1.807, 2.05) is 13.8 Å². The second kappa shape index (κ2) is 3.66. The Bertz CT molecular complexity index is 122. The largest absolute Gasteiger partial charge is 0.243 e. The number of hydrogen-bond donors (Lipinski definition) is 1. The van der Waals surface area contributed by atoms with Crippen molar-refractivity contribution in [2.75, 3.05) is 0 Å². The molecule has 0 saturated heterocycles. The zero-order valence-electron chi connectivity index (χ0n) is 5.34. The fourth-order valence-corrected chi connectivity index (χ4v) is 0.391. The van der Waals surface area contributed by atoms with Gasteiger partial charge in [0.2, 0.25) is 0 Å². The highest BCUT2D eigenvalue weighted by atomic mass is 32.1. The summed E-state index contributed by atoms with van der Waals surface area (Å²) in [6, 6.07) is 0. The number of amidine groups is 1. The molecule has 0 aromatic carbocycles. The van der Waals surface area contributed by atoms with E-state index in [-0.39, 0.29) is 0 Å². The lowest BCUT2D eigenvalue weighted by Crippen LogP contribution is -1.88. The standard InChI is InChI=1S/C5H10N2S/c1-4(2)6-5(3)7-8/h8H,1-3H3/b7-5-. The Morgan fingerprint density at radius 1 is 1.25 bits per heavy atom. The van der Waals surface area contributed by atoms with Crippen molar-refractivity contribution in [2.45, 2.75) is 20.8 Å². The van der Waals surface area contributed by atoms with Gasteiger partial charge >= 0.3 is 0 Å². The Kier molecular flexibility index (Phi) is 3.52. The van der Waals surface area contributed by atoms with Crippen LogP contribution in [0.4, 0.5) is 0 Å². The Morgan fingerprint density at radius 2 is 1.75 bits per heavy atom. The molecule has 0 spiro atoms. The molecule has 0 aromatic heterocycles. The van der Waals surface area contributed by atoms with Gasteiger partial charge in [0.1, 0.15) is 5.84 Å². The Hall–Kier alpha value is -0.310. The third kappa shape index (κ3) is 3.87. The van der Waals surface area contributed by atoms with Gasteiger partial charge in [0, 0.05) is 5.71 Å². The van der Waals surface area contributed by atoms with E-state index in [1.165, 1.54) is 0 Å². The van der Waals surface area contributed by atoms with Gasteiger partial charge in [-0.15, -0.1) is 0 Å². The first-order valence-corrected chi connectivity index (χ1v) is 2.77. The predicted octanol–water partition coefficient (Wildman–Crippen LogP) is 1.73. The Labute approximate surface area is 55.3 Å². The van der Waals surface area contributed by atoms with E-state index < -0.39 is 0 Å². The molecule has 0 aliphatic heterocycles. The molecular weight excluding hydrogens is 120 g/mol. The smallest absolute Gasteiger partial charge is 0.133 e. The third-order valence-electron chi connectivity index (χ3n) is 0.530. The van der Waals surface area contributed by atoms with Crippen molar-refractivity contribution in [3.63, 3.8) is 0 Å². The van der Waals surface area contributed by atoms with E-state index in [1.54, 1.807) is 6.92 Å². The SMILES string of the molecule is CC(C)=N/C(C)=N\S. The van der Waals surface area contributed by atoms with Gasteiger partial charge in [0.25, 0.3) is 0 Å². The average molecular weight is 130 g/mol. The summed E-state index contributed by atoms with van der Waals surface area (Å²) in [5, 5.41) is 0. The van der Waals surface area contributed by atoms with E-state index in [0.29, 0.717) is 5.84 Å². The van der Waals surface area contributed by atoms with Crippen LogP contribution in [-0.2, 0) is 0 Å². The maximum Gasteiger partial charge on any atom is 0.133 e. The molecule has 0 fully saturated rings. The van der Waals surface area contributed by atoms with Gasteiger partial charge in [-0.1, -0.05) is 0 Å². The van der Waals surface area contributed by atoms with E-state index in [9.17, 15) is 0 Å². The van der Waals surface area contributed by atoms with Crippen molar-refractivity contribution in [3.8, 4) is 0 Å². The van der Waals surface area contributed by atoms with Crippen LogP contribution in [0.2, 0.25) is 0 Å². The van der Waals surface area contributed by atoms with Crippen LogP contribution in [0.25, 0.3) is 0 Å². The zero-order valence-corrected chi connectivity index (χ0v) is 6.24. The molecule has 0 unspecified atom stereocenters. The minimum absolute atomic E-state index is 0.702.